The van der Waals surface area contributed by atoms with E-state index in [9.17, 15) is 0 Å². The van der Waals surface area contributed by atoms with Crippen LogP contribution in [0.1, 0.15) is 36.1 Å². The fourth-order valence-electron chi connectivity index (χ4n) is 2.28. The summed E-state index contributed by atoms with van der Waals surface area (Å²) in [7, 11) is 1.96. The highest BCUT2D eigenvalue weighted by Gasteiger charge is 2.22. The second kappa shape index (κ2) is 5.65. The van der Waals surface area contributed by atoms with Crippen molar-refractivity contribution in [2.45, 2.75) is 40.0 Å². The van der Waals surface area contributed by atoms with Crippen LogP contribution in [0.3, 0.4) is 0 Å². The van der Waals surface area contributed by atoms with Gasteiger partial charge in [0.15, 0.2) is 0 Å². The first-order valence-electron chi connectivity index (χ1n) is 6.32. The number of nitrogens with one attached hydrogen (secondary N) is 2. The summed E-state index contributed by atoms with van der Waals surface area (Å²) in [6, 6.07) is 4.64. The highest BCUT2D eigenvalue weighted by atomic mass is 15.0. The third-order valence-electron chi connectivity index (χ3n) is 3.44. The molecule has 0 radical (unpaired) electrons. The predicted octanol–water partition coefficient (Wildman–Crippen LogP) is 2.66. The van der Waals surface area contributed by atoms with E-state index in [1.54, 1.807) is 0 Å². The molecule has 0 saturated carbocycles. The molecule has 0 aliphatic carbocycles. The van der Waals surface area contributed by atoms with Crippen LogP contribution < -0.4 is 10.6 Å². The molecule has 0 aliphatic rings. The van der Waals surface area contributed by atoms with E-state index in [0.717, 1.165) is 13.2 Å². The molecule has 0 bridgehead atoms. The molecule has 96 valence electrons. The molecule has 0 spiro atoms. The van der Waals surface area contributed by atoms with Crippen LogP contribution in [0.2, 0.25) is 0 Å². The Morgan fingerprint density at radius 1 is 1.00 bits per heavy atom. The Bertz CT molecular complexity index is 381. The second-order valence-corrected chi connectivity index (χ2v) is 5.59. The molecule has 2 heteroatoms. The van der Waals surface area contributed by atoms with Gasteiger partial charge in [-0.05, 0) is 50.1 Å². The van der Waals surface area contributed by atoms with Crippen molar-refractivity contribution in [1.82, 2.24) is 10.6 Å². The van der Waals surface area contributed by atoms with E-state index in [1.165, 1.54) is 22.3 Å². The predicted molar refractivity (Wildman–Crippen MR) is 75.6 cm³/mol. The lowest BCUT2D eigenvalue weighted by Crippen LogP contribution is -2.37. The zero-order valence-corrected chi connectivity index (χ0v) is 12.1. The molecule has 0 aromatic heterocycles. The van der Waals surface area contributed by atoms with E-state index in [2.05, 4.69) is 57.4 Å². The number of aryl methyl sites for hydroxylation is 3. The van der Waals surface area contributed by atoms with Gasteiger partial charge < -0.3 is 10.6 Å². The molecule has 1 aromatic carbocycles. The van der Waals surface area contributed by atoms with Crippen LogP contribution in [0.15, 0.2) is 12.1 Å². The van der Waals surface area contributed by atoms with Gasteiger partial charge >= 0.3 is 0 Å². The summed E-state index contributed by atoms with van der Waals surface area (Å²) in [6.07, 6.45) is 0. The molecule has 2 nitrogen and oxygen atoms in total. The van der Waals surface area contributed by atoms with E-state index in [1.807, 2.05) is 7.05 Å². The van der Waals surface area contributed by atoms with Gasteiger partial charge in [-0.25, -0.2) is 0 Å². The normalized spacial score (nSPS) is 11.9. The highest BCUT2D eigenvalue weighted by Crippen LogP contribution is 2.28. The van der Waals surface area contributed by atoms with Gasteiger partial charge in [-0.1, -0.05) is 26.0 Å². The van der Waals surface area contributed by atoms with Crippen molar-refractivity contribution in [3.05, 3.63) is 34.4 Å². The van der Waals surface area contributed by atoms with Gasteiger partial charge in [-0.3, -0.25) is 0 Å². The quantitative estimate of drug-likeness (QED) is 0.604. The molecular formula is C15H26N2. The first-order valence-corrected chi connectivity index (χ1v) is 6.32. The molecule has 0 fully saturated rings. The topological polar surface area (TPSA) is 24.1 Å². The maximum atomic E-state index is 3.42. The lowest BCUT2D eigenvalue weighted by Gasteiger charge is -2.28. The first-order chi connectivity index (χ1) is 7.88. The number of hydrogen-bond donors (Lipinski definition) is 2. The Labute approximate surface area is 106 Å². The molecule has 2 N–H and O–H groups in total. The monoisotopic (exact) mass is 234 g/mol. The summed E-state index contributed by atoms with van der Waals surface area (Å²) in [5.74, 6) is 0. The zero-order valence-electron chi connectivity index (χ0n) is 12.1. The van der Waals surface area contributed by atoms with Gasteiger partial charge in [-0.2, -0.15) is 0 Å². The van der Waals surface area contributed by atoms with Gasteiger partial charge in [0.1, 0.15) is 0 Å². The van der Waals surface area contributed by atoms with Crippen LogP contribution in [0.4, 0.5) is 0 Å². The van der Waals surface area contributed by atoms with E-state index in [4.69, 9.17) is 0 Å². The van der Waals surface area contributed by atoms with E-state index in [0.29, 0.717) is 0 Å². The van der Waals surface area contributed by atoms with Gasteiger partial charge in [0, 0.05) is 18.6 Å². The molecule has 1 aromatic rings. The van der Waals surface area contributed by atoms with Crippen molar-refractivity contribution in [3.63, 3.8) is 0 Å². The maximum absolute atomic E-state index is 3.42. The Morgan fingerprint density at radius 2 is 1.59 bits per heavy atom. The maximum Gasteiger partial charge on any atom is 0.0452 e. The molecule has 0 amide bonds. The van der Waals surface area contributed by atoms with Gasteiger partial charge in [0.2, 0.25) is 0 Å². The minimum Gasteiger partial charge on any atom is -0.308 e. The minimum atomic E-state index is 0.166. The standard InChI is InChI=1S/C15H26N2/c1-11-7-13(3)14(8-12(11)2)15(4,5)9-17-10-16-6/h7-8,16-17H,9-10H2,1-6H3. The first kappa shape index (κ1) is 14.2. The van der Waals surface area contributed by atoms with Crippen LogP contribution >= 0.6 is 0 Å². The molecule has 0 saturated heterocycles. The molecule has 1 rings (SSSR count). The zero-order chi connectivity index (χ0) is 13.1. The summed E-state index contributed by atoms with van der Waals surface area (Å²) < 4.78 is 0. The molecule has 0 unspecified atom stereocenters. The van der Waals surface area contributed by atoms with Crippen molar-refractivity contribution in [2.24, 2.45) is 0 Å². The fraction of sp³-hybridized carbons (Fsp3) is 0.600. The molecular weight excluding hydrogens is 208 g/mol. The van der Waals surface area contributed by atoms with Crippen LogP contribution in [0.25, 0.3) is 0 Å². The SMILES string of the molecule is CNCNCC(C)(C)c1cc(C)c(C)cc1C. The number of hydrogen-bond acceptors (Lipinski definition) is 2. The molecule has 17 heavy (non-hydrogen) atoms. The van der Waals surface area contributed by atoms with Crippen LogP contribution in [0, 0.1) is 20.8 Å². The summed E-state index contributed by atoms with van der Waals surface area (Å²) in [6.45, 7) is 13.0. The smallest absolute Gasteiger partial charge is 0.0452 e. The number of rotatable bonds is 5. The van der Waals surface area contributed by atoms with Crippen molar-refractivity contribution in [2.75, 3.05) is 20.3 Å². The average Bonchev–Trinajstić information content (AvgIpc) is 2.23. The Morgan fingerprint density at radius 3 is 2.18 bits per heavy atom. The van der Waals surface area contributed by atoms with Crippen molar-refractivity contribution in [3.8, 4) is 0 Å². The second-order valence-electron chi connectivity index (χ2n) is 5.59. The Hall–Kier alpha value is -0.860. The van der Waals surface area contributed by atoms with Crippen molar-refractivity contribution >= 4 is 0 Å². The largest absolute Gasteiger partial charge is 0.308 e. The van der Waals surface area contributed by atoms with Crippen molar-refractivity contribution < 1.29 is 0 Å². The third kappa shape index (κ3) is 3.55. The molecule has 0 atom stereocenters. The van der Waals surface area contributed by atoms with E-state index in [-0.39, 0.29) is 5.41 Å². The lowest BCUT2D eigenvalue weighted by molar-refractivity contribution is 0.458. The van der Waals surface area contributed by atoms with Gasteiger partial charge in [0.05, 0.1) is 0 Å². The summed E-state index contributed by atoms with van der Waals surface area (Å²) in [4.78, 5) is 0. The van der Waals surface area contributed by atoms with E-state index >= 15 is 0 Å². The van der Waals surface area contributed by atoms with E-state index < -0.39 is 0 Å². The Balaban J connectivity index is 2.93. The van der Waals surface area contributed by atoms with Crippen LogP contribution in [-0.4, -0.2) is 20.3 Å². The minimum absolute atomic E-state index is 0.166. The average molecular weight is 234 g/mol. The highest BCUT2D eigenvalue weighted by molar-refractivity contribution is 5.40. The summed E-state index contributed by atoms with van der Waals surface area (Å²) >= 11 is 0. The third-order valence-corrected chi connectivity index (χ3v) is 3.44. The summed E-state index contributed by atoms with van der Waals surface area (Å²) in [5.41, 5.74) is 5.77. The van der Waals surface area contributed by atoms with Crippen LogP contribution in [-0.2, 0) is 5.41 Å². The molecule has 0 aliphatic heterocycles. The fourth-order valence-corrected chi connectivity index (χ4v) is 2.28. The van der Waals surface area contributed by atoms with Crippen LogP contribution in [0.5, 0.6) is 0 Å². The summed E-state index contributed by atoms with van der Waals surface area (Å²) in [5, 5.41) is 6.54. The van der Waals surface area contributed by atoms with Gasteiger partial charge in [0.25, 0.3) is 0 Å². The van der Waals surface area contributed by atoms with Gasteiger partial charge in [-0.15, -0.1) is 0 Å². The lowest BCUT2D eigenvalue weighted by atomic mass is 9.80. The molecule has 0 heterocycles. The Kier molecular flexibility index (Phi) is 4.72. The number of benzene rings is 1. The van der Waals surface area contributed by atoms with Crippen molar-refractivity contribution in [1.29, 1.82) is 0 Å².